The molecule has 0 saturated heterocycles. The lowest BCUT2D eigenvalue weighted by Crippen LogP contribution is -2.23. The van der Waals surface area contributed by atoms with Crippen LogP contribution >= 0.6 is 0 Å². The van der Waals surface area contributed by atoms with E-state index in [-0.39, 0.29) is 6.10 Å². The van der Waals surface area contributed by atoms with Crippen LogP contribution in [0.25, 0.3) is 0 Å². The van der Waals surface area contributed by atoms with Gasteiger partial charge in [-0.25, -0.2) is 0 Å². The van der Waals surface area contributed by atoms with Crippen molar-refractivity contribution in [2.75, 3.05) is 19.7 Å². The molecule has 1 aromatic rings. The molecule has 0 radical (unpaired) electrons. The summed E-state index contributed by atoms with van der Waals surface area (Å²) in [5.41, 5.74) is 2.59. The minimum atomic E-state index is 0.177. The molecule has 84 valence electrons. The lowest BCUT2D eigenvalue weighted by Gasteiger charge is -2.19. The van der Waals surface area contributed by atoms with E-state index in [4.69, 9.17) is 4.74 Å². The van der Waals surface area contributed by atoms with E-state index in [1.165, 1.54) is 11.1 Å². The van der Waals surface area contributed by atoms with Crippen molar-refractivity contribution in [3.8, 4) is 0 Å². The summed E-state index contributed by atoms with van der Waals surface area (Å²) < 4.78 is 5.75. The quantitative estimate of drug-likeness (QED) is 0.774. The van der Waals surface area contributed by atoms with E-state index in [1.54, 1.807) is 0 Å². The Balaban J connectivity index is 2.74. The molecule has 15 heavy (non-hydrogen) atoms. The number of hydrogen-bond acceptors (Lipinski definition) is 2. The fourth-order valence-corrected chi connectivity index (χ4v) is 1.68. The normalized spacial score (nSPS) is 12.7. The molecule has 0 aliphatic heterocycles. The highest BCUT2D eigenvalue weighted by molar-refractivity contribution is 5.28. The molecule has 1 N–H and O–H groups in total. The molecule has 0 aliphatic rings. The lowest BCUT2D eigenvalue weighted by atomic mass is 10.0. The second kappa shape index (κ2) is 6.59. The summed E-state index contributed by atoms with van der Waals surface area (Å²) in [7, 11) is 0. The van der Waals surface area contributed by atoms with Gasteiger partial charge in [-0.15, -0.1) is 0 Å². The summed E-state index contributed by atoms with van der Waals surface area (Å²) in [5.74, 6) is 0. The van der Waals surface area contributed by atoms with Gasteiger partial charge in [0, 0.05) is 13.2 Å². The number of benzene rings is 1. The summed E-state index contributed by atoms with van der Waals surface area (Å²) in [6.07, 6.45) is 0.177. The molecular weight excluding hydrogens is 186 g/mol. The zero-order chi connectivity index (χ0) is 11.1. The third-order valence-corrected chi connectivity index (χ3v) is 2.48. The lowest BCUT2D eigenvalue weighted by molar-refractivity contribution is 0.0623. The first-order chi connectivity index (χ1) is 7.29. The predicted octanol–water partition coefficient (Wildman–Crippen LogP) is 2.68. The molecule has 2 nitrogen and oxygen atoms in total. The standard InChI is InChI=1S/C13H21NO/c1-4-14-10-13(15-5-2)12-9-7-6-8-11(12)3/h6-9,13-14H,4-5,10H2,1-3H3. The summed E-state index contributed by atoms with van der Waals surface area (Å²) in [5, 5.41) is 3.33. The molecule has 1 aromatic carbocycles. The topological polar surface area (TPSA) is 21.3 Å². The number of rotatable bonds is 6. The van der Waals surface area contributed by atoms with Crippen molar-refractivity contribution in [3.63, 3.8) is 0 Å². The van der Waals surface area contributed by atoms with Crippen LogP contribution in [-0.2, 0) is 4.74 Å². The Morgan fingerprint density at radius 3 is 2.60 bits per heavy atom. The first kappa shape index (κ1) is 12.2. The second-order valence-corrected chi connectivity index (χ2v) is 3.61. The number of ether oxygens (including phenoxy) is 1. The highest BCUT2D eigenvalue weighted by Crippen LogP contribution is 2.20. The fourth-order valence-electron chi connectivity index (χ4n) is 1.68. The summed E-state index contributed by atoms with van der Waals surface area (Å²) in [4.78, 5) is 0. The van der Waals surface area contributed by atoms with Crippen molar-refractivity contribution in [1.29, 1.82) is 0 Å². The molecule has 0 heterocycles. The van der Waals surface area contributed by atoms with Crippen molar-refractivity contribution in [2.24, 2.45) is 0 Å². The van der Waals surface area contributed by atoms with E-state index in [0.29, 0.717) is 0 Å². The third-order valence-electron chi connectivity index (χ3n) is 2.48. The molecule has 1 atom stereocenters. The van der Waals surface area contributed by atoms with Crippen molar-refractivity contribution in [2.45, 2.75) is 26.9 Å². The van der Waals surface area contributed by atoms with Crippen LogP contribution in [0.4, 0.5) is 0 Å². The van der Waals surface area contributed by atoms with Crippen LogP contribution in [-0.4, -0.2) is 19.7 Å². The number of aryl methyl sites for hydroxylation is 1. The van der Waals surface area contributed by atoms with Crippen molar-refractivity contribution in [3.05, 3.63) is 35.4 Å². The Kier molecular flexibility index (Phi) is 5.37. The monoisotopic (exact) mass is 207 g/mol. The van der Waals surface area contributed by atoms with Crippen LogP contribution in [0.1, 0.15) is 31.1 Å². The molecule has 0 fully saturated rings. The Morgan fingerprint density at radius 1 is 1.27 bits per heavy atom. The maximum absolute atomic E-state index is 5.75. The Labute approximate surface area is 92.6 Å². The average molecular weight is 207 g/mol. The average Bonchev–Trinajstić information content (AvgIpc) is 2.25. The summed E-state index contributed by atoms with van der Waals surface area (Å²) >= 11 is 0. The maximum atomic E-state index is 5.75. The zero-order valence-electron chi connectivity index (χ0n) is 9.92. The molecule has 1 unspecified atom stereocenters. The van der Waals surface area contributed by atoms with Crippen LogP contribution in [0.5, 0.6) is 0 Å². The molecule has 0 aliphatic carbocycles. The molecular formula is C13H21NO. The van der Waals surface area contributed by atoms with Gasteiger partial charge in [-0.05, 0) is 31.5 Å². The van der Waals surface area contributed by atoms with Crippen molar-refractivity contribution >= 4 is 0 Å². The van der Waals surface area contributed by atoms with Gasteiger partial charge < -0.3 is 10.1 Å². The maximum Gasteiger partial charge on any atom is 0.0951 e. The van der Waals surface area contributed by atoms with Gasteiger partial charge in [0.05, 0.1) is 6.10 Å². The molecule has 0 spiro atoms. The molecule has 0 bridgehead atoms. The summed E-state index contributed by atoms with van der Waals surface area (Å²) in [6, 6.07) is 8.41. The van der Waals surface area contributed by atoms with Gasteiger partial charge in [-0.1, -0.05) is 31.2 Å². The molecule has 0 saturated carbocycles. The van der Waals surface area contributed by atoms with Gasteiger partial charge in [0.1, 0.15) is 0 Å². The molecule has 1 rings (SSSR count). The Hall–Kier alpha value is -0.860. The van der Waals surface area contributed by atoms with Crippen LogP contribution < -0.4 is 5.32 Å². The highest BCUT2D eigenvalue weighted by atomic mass is 16.5. The Morgan fingerprint density at radius 2 is 2.00 bits per heavy atom. The zero-order valence-corrected chi connectivity index (χ0v) is 9.92. The van der Waals surface area contributed by atoms with Crippen LogP contribution in [0.3, 0.4) is 0 Å². The predicted molar refractivity (Wildman–Crippen MR) is 64.1 cm³/mol. The van der Waals surface area contributed by atoms with Crippen LogP contribution in [0, 0.1) is 6.92 Å². The number of hydrogen-bond donors (Lipinski definition) is 1. The second-order valence-electron chi connectivity index (χ2n) is 3.61. The highest BCUT2D eigenvalue weighted by Gasteiger charge is 2.12. The van der Waals surface area contributed by atoms with Gasteiger partial charge in [-0.2, -0.15) is 0 Å². The van der Waals surface area contributed by atoms with Crippen LogP contribution in [0.15, 0.2) is 24.3 Å². The van der Waals surface area contributed by atoms with Gasteiger partial charge in [0.15, 0.2) is 0 Å². The van der Waals surface area contributed by atoms with Gasteiger partial charge >= 0.3 is 0 Å². The largest absolute Gasteiger partial charge is 0.372 e. The molecule has 0 amide bonds. The first-order valence-corrected chi connectivity index (χ1v) is 5.67. The van der Waals surface area contributed by atoms with E-state index < -0.39 is 0 Å². The minimum Gasteiger partial charge on any atom is -0.372 e. The Bertz CT molecular complexity index is 286. The SMILES string of the molecule is CCNCC(OCC)c1ccccc1C. The van der Waals surface area contributed by atoms with Crippen LogP contribution in [0.2, 0.25) is 0 Å². The number of likely N-dealkylation sites (N-methyl/N-ethyl adjacent to an activating group) is 1. The van der Waals surface area contributed by atoms with E-state index in [9.17, 15) is 0 Å². The molecule has 2 heteroatoms. The van der Waals surface area contributed by atoms with E-state index in [2.05, 4.69) is 43.4 Å². The van der Waals surface area contributed by atoms with Gasteiger partial charge in [-0.3, -0.25) is 0 Å². The first-order valence-electron chi connectivity index (χ1n) is 5.67. The van der Waals surface area contributed by atoms with E-state index in [0.717, 1.165) is 19.7 Å². The van der Waals surface area contributed by atoms with E-state index >= 15 is 0 Å². The minimum absolute atomic E-state index is 0.177. The van der Waals surface area contributed by atoms with E-state index in [1.807, 2.05) is 6.92 Å². The third kappa shape index (κ3) is 3.65. The van der Waals surface area contributed by atoms with Crippen molar-refractivity contribution < 1.29 is 4.74 Å². The van der Waals surface area contributed by atoms with Gasteiger partial charge in [0.2, 0.25) is 0 Å². The fraction of sp³-hybridized carbons (Fsp3) is 0.538. The molecule has 0 aromatic heterocycles. The smallest absolute Gasteiger partial charge is 0.0951 e. The summed E-state index contributed by atoms with van der Waals surface area (Å²) in [6.45, 7) is 8.90. The van der Waals surface area contributed by atoms with Crippen molar-refractivity contribution in [1.82, 2.24) is 5.32 Å². The van der Waals surface area contributed by atoms with Gasteiger partial charge in [0.25, 0.3) is 0 Å². The number of nitrogens with one attached hydrogen (secondary N) is 1.